The number of benzene rings is 1. The van der Waals surface area contributed by atoms with Crippen molar-refractivity contribution < 1.29 is 17.9 Å². The molecule has 2 aliphatic rings. The molecule has 1 aromatic carbocycles. The third-order valence-electron chi connectivity index (χ3n) is 6.98. The lowest BCUT2D eigenvalue weighted by atomic mass is 9.97. The van der Waals surface area contributed by atoms with Crippen molar-refractivity contribution >= 4 is 16.9 Å². The topological polar surface area (TPSA) is 87.0 Å². The number of ether oxygens (including phenoxy) is 1. The van der Waals surface area contributed by atoms with Crippen molar-refractivity contribution in [1.82, 2.24) is 19.9 Å². The van der Waals surface area contributed by atoms with Crippen LogP contribution in [0.5, 0.6) is 5.88 Å². The molecule has 2 fully saturated rings. The van der Waals surface area contributed by atoms with Crippen LogP contribution in [0.2, 0.25) is 0 Å². The molecule has 1 N–H and O–H groups in total. The molecule has 188 valence electrons. The van der Waals surface area contributed by atoms with Gasteiger partial charge in [0.25, 0.3) is 6.43 Å². The maximum absolute atomic E-state index is 14.8. The van der Waals surface area contributed by atoms with Crippen molar-refractivity contribution in [2.75, 3.05) is 25.5 Å². The maximum atomic E-state index is 14.8. The van der Waals surface area contributed by atoms with Gasteiger partial charge in [-0.3, -0.25) is 0 Å². The van der Waals surface area contributed by atoms with Gasteiger partial charge in [0.2, 0.25) is 5.88 Å². The number of hydrogen-bond acceptors (Lipinski definition) is 7. The number of nitriles is 1. The quantitative estimate of drug-likeness (QED) is 0.480. The van der Waals surface area contributed by atoms with E-state index in [2.05, 4.69) is 26.3 Å². The van der Waals surface area contributed by atoms with Crippen molar-refractivity contribution in [3.05, 3.63) is 52.6 Å². The van der Waals surface area contributed by atoms with E-state index in [0.717, 1.165) is 25.6 Å². The molecule has 1 aliphatic carbocycles. The van der Waals surface area contributed by atoms with Crippen LogP contribution in [0, 0.1) is 24.1 Å². The zero-order valence-corrected chi connectivity index (χ0v) is 20.4. The second kappa shape index (κ2) is 9.21. The number of hydrogen-bond donors (Lipinski definition) is 1. The van der Waals surface area contributed by atoms with Gasteiger partial charge in [-0.2, -0.15) is 10.2 Å². The molecule has 2 atom stereocenters. The van der Waals surface area contributed by atoms with Gasteiger partial charge in [-0.15, -0.1) is 0 Å². The van der Waals surface area contributed by atoms with Gasteiger partial charge in [0.05, 0.1) is 28.5 Å². The number of likely N-dealkylation sites (tertiary alicyclic amines) is 1. The average Bonchev–Trinajstić information content (AvgIpc) is 3.53. The third kappa shape index (κ3) is 4.44. The van der Waals surface area contributed by atoms with E-state index in [-0.39, 0.29) is 11.7 Å². The van der Waals surface area contributed by atoms with Gasteiger partial charge in [0.1, 0.15) is 23.6 Å². The van der Waals surface area contributed by atoms with Crippen LogP contribution in [0.1, 0.15) is 61.2 Å². The zero-order valence-electron chi connectivity index (χ0n) is 20.4. The Morgan fingerprint density at radius 2 is 1.97 bits per heavy atom. The van der Waals surface area contributed by atoms with Gasteiger partial charge in [0.15, 0.2) is 5.65 Å². The van der Waals surface area contributed by atoms with Crippen molar-refractivity contribution in [2.45, 2.75) is 57.1 Å². The van der Waals surface area contributed by atoms with E-state index < -0.39 is 29.3 Å². The predicted octanol–water partition coefficient (Wildman–Crippen LogP) is 5.22. The van der Waals surface area contributed by atoms with E-state index in [1.165, 1.54) is 12.1 Å². The van der Waals surface area contributed by atoms with Crippen LogP contribution in [-0.4, -0.2) is 46.1 Å². The van der Waals surface area contributed by atoms with Crippen LogP contribution in [0.15, 0.2) is 24.3 Å². The molecule has 0 radical (unpaired) electrons. The minimum atomic E-state index is -2.91. The Balaban J connectivity index is 1.56. The Bertz CT molecular complexity index is 1350. The predicted molar refractivity (Wildman–Crippen MR) is 129 cm³/mol. The number of nitrogens with one attached hydrogen (secondary N) is 1. The highest BCUT2D eigenvalue weighted by Gasteiger charge is 2.48. The number of alkyl halides is 2. The number of nitrogens with zero attached hydrogens (tertiary/aromatic N) is 5. The van der Waals surface area contributed by atoms with Crippen molar-refractivity contribution in [3.8, 4) is 11.9 Å². The molecule has 36 heavy (non-hydrogen) atoms. The second-order valence-electron chi connectivity index (χ2n) is 9.73. The number of halogens is 3. The SMILES string of the molecule is Cc1nc(N[C@H](C)c2cccc(C(F)F)c2F)c2cc(C3(C#N)CC3)c(O[C@H]3CCN(C)C3)nc2n1. The molecule has 10 heteroatoms. The Morgan fingerprint density at radius 1 is 1.22 bits per heavy atom. The highest BCUT2D eigenvalue weighted by molar-refractivity contribution is 5.88. The number of aryl methyl sites for hydroxylation is 1. The number of likely N-dealkylation sites (N-methyl/N-ethyl adjacent to an activating group) is 1. The summed E-state index contributed by atoms with van der Waals surface area (Å²) in [6, 6.07) is 7.55. The zero-order chi connectivity index (χ0) is 25.6. The molecule has 5 rings (SSSR count). The highest BCUT2D eigenvalue weighted by atomic mass is 19.3. The number of pyridine rings is 1. The molecule has 2 aromatic heterocycles. The fourth-order valence-electron chi connectivity index (χ4n) is 4.76. The van der Waals surface area contributed by atoms with Gasteiger partial charge >= 0.3 is 0 Å². The highest BCUT2D eigenvalue weighted by Crippen LogP contribution is 2.51. The van der Waals surface area contributed by atoms with Crippen molar-refractivity contribution in [2.24, 2.45) is 0 Å². The largest absolute Gasteiger partial charge is 0.473 e. The summed E-state index contributed by atoms with van der Waals surface area (Å²) in [5, 5.41) is 13.6. The molecular weight excluding hydrogens is 469 g/mol. The molecule has 0 amide bonds. The van der Waals surface area contributed by atoms with Gasteiger partial charge in [-0.25, -0.2) is 23.1 Å². The molecule has 0 bridgehead atoms. The van der Waals surface area contributed by atoms with E-state index in [1.807, 2.05) is 13.1 Å². The maximum Gasteiger partial charge on any atom is 0.266 e. The van der Waals surface area contributed by atoms with E-state index in [1.54, 1.807) is 13.8 Å². The van der Waals surface area contributed by atoms with Gasteiger partial charge in [-0.05, 0) is 46.2 Å². The smallest absolute Gasteiger partial charge is 0.266 e. The third-order valence-corrected chi connectivity index (χ3v) is 6.98. The van der Waals surface area contributed by atoms with Gasteiger partial charge in [-0.1, -0.05) is 18.2 Å². The molecule has 1 aliphatic heterocycles. The van der Waals surface area contributed by atoms with Crippen molar-refractivity contribution in [1.29, 1.82) is 5.26 Å². The van der Waals surface area contributed by atoms with Crippen LogP contribution in [0.4, 0.5) is 19.0 Å². The van der Waals surface area contributed by atoms with E-state index in [4.69, 9.17) is 9.72 Å². The van der Waals surface area contributed by atoms with Gasteiger partial charge in [0, 0.05) is 24.2 Å². The molecule has 1 saturated carbocycles. The van der Waals surface area contributed by atoms with Crippen LogP contribution < -0.4 is 10.1 Å². The summed E-state index contributed by atoms with van der Waals surface area (Å²) in [5.74, 6) is 0.295. The summed E-state index contributed by atoms with van der Waals surface area (Å²) in [6.45, 7) is 5.09. The van der Waals surface area contributed by atoms with Crippen molar-refractivity contribution in [3.63, 3.8) is 0 Å². The van der Waals surface area contributed by atoms with Crippen LogP contribution >= 0.6 is 0 Å². The van der Waals surface area contributed by atoms with Crippen LogP contribution in [0.25, 0.3) is 11.0 Å². The van der Waals surface area contributed by atoms with Crippen LogP contribution in [-0.2, 0) is 5.41 Å². The number of fused-ring (bicyclic) bond motifs is 1. The van der Waals surface area contributed by atoms with E-state index in [0.29, 0.717) is 47.0 Å². The minimum Gasteiger partial charge on any atom is -0.473 e. The molecule has 1 saturated heterocycles. The first kappa shape index (κ1) is 24.3. The number of anilines is 1. The Morgan fingerprint density at radius 3 is 2.61 bits per heavy atom. The summed E-state index contributed by atoms with van der Waals surface area (Å²) in [7, 11) is 2.03. The summed E-state index contributed by atoms with van der Waals surface area (Å²) in [4.78, 5) is 15.9. The molecule has 0 spiro atoms. The molecule has 7 nitrogen and oxygen atoms in total. The molecule has 3 heterocycles. The first-order valence-electron chi connectivity index (χ1n) is 12.0. The summed E-state index contributed by atoms with van der Waals surface area (Å²) in [5.41, 5.74) is -0.129. The van der Waals surface area contributed by atoms with Gasteiger partial charge < -0.3 is 15.0 Å². The minimum absolute atomic E-state index is 0.0289. The first-order valence-corrected chi connectivity index (χ1v) is 12.0. The Kier molecular flexibility index (Phi) is 6.20. The summed E-state index contributed by atoms with van der Waals surface area (Å²) in [6.07, 6.45) is -0.667. The lowest BCUT2D eigenvalue weighted by molar-refractivity contribution is 0.146. The monoisotopic (exact) mass is 496 g/mol. The molecule has 3 aromatic rings. The summed E-state index contributed by atoms with van der Waals surface area (Å²) >= 11 is 0. The fraction of sp³-hybridized carbons (Fsp3) is 0.462. The van der Waals surface area contributed by atoms with E-state index in [9.17, 15) is 18.4 Å². The normalized spacial score (nSPS) is 19.9. The summed E-state index contributed by atoms with van der Waals surface area (Å²) < 4.78 is 47.5. The van der Waals surface area contributed by atoms with E-state index >= 15 is 0 Å². The first-order chi connectivity index (χ1) is 17.2. The molecular formula is C26H27F3N6O. The lowest BCUT2D eigenvalue weighted by Gasteiger charge is -2.21. The number of aromatic nitrogens is 3. The Labute approximate surface area is 207 Å². The fourth-order valence-corrected chi connectivity index (χ4v) is 4.76. The average molecular weight is 497 g/mol. The van der Waals surface area contributed by atoms with Crippen LogP contribution in [0.3, 0.4) is 0 Å². The number of rotatable bonds is 7. The Hall–Kier alpha value is -3.45. The lowest BCUT2D eigenvalue weighted by Crippen LogP contribution is -2.23. The standard InChI is InChI=1S/C26H27F3N6O/c1-14(17-5-4-6-18(21(17)27)22(28)29)31-23-19-11-20(26(13-30)8-9-26)25(34-24(19)33-15(2)32-23)36-16-7-10-35(3)12-16/h4-6,11,14,16,22H,7-10,12H2,1-3H3,(H,31,32,33,34)/t14-,16+/m1/s1. The second-order valence-corrected chi connectivity index (χ2v) is 9.73. The molecule has 0 unspecified atom stereocenters.